The summed E-state index contributed by atoms with van der Waals surface area (Å²) < 4.78 is 5.89. The number of ether oxygens (including phenoxy) is 1. The van der Waals surface area contributed by atoms with Crippen molar-refractivity contribution in [2.45, 2.75) is 20.3 Å². The van der Waals surface area contributed by atoms with Crippen molar-refractivity contribution in [3.05, 3.63) is 88.9 Å². The zero-order chi connectivity index (χ0) is 23.8. The second kappa shape index (κ2) is 11.4. The minimum atomic E-state index is -0.870. The Morgan fingerprint density at radius 1 is 1.06 bits per heavy atom. The number of urea groups is 1. The molecule has 1 aliphatic rings. The summed E-state index contributed by atoms with van der Waals surface area (Å²) in [5.74, 6) is 0.203. The number of rotatable bonds is 5. The van der Waals surface area contributed by atoms with E-state index >= 15 is 0 Å². The fourth-order valence-corrected chi connectivity index (χ4v) is 3.64. The number of carboxylic acids is 1. The average Bonchev–Trinajstić information content (AvgIpc) is 2.79. The number of halogens is 1. The van der Waals surface area contributed by atoms with E-state index in [0.717, 1.165) is 5.02 Å². The van der Waals surface area contributed by atoms with Crippen molar-refractivity contribution in [3.8, 4) is 11.5 Å². The predicted molar refractivity (Wildman–Crippen MR) is 130 cm³/mol. The molecule has 0 aromatic heterocycles. The minimum Gasteiger partial charge on any atom is -0.481 e. The van der Waals surface area contributed by atoms with Crippen LogP contribution in [0.4, 0.5) is 10.5 Å². The SMILES string of the molecule is Cc1ccc(Cl)cc1C.O=C(O)CC1CNC(=O)N(c2ccccc2Oc2ccccc2)C1. The second-order valence-corrected chi connectivity index (χ2v) is 8.31. The van der Waals surface area contributed by atoms with Crippen LogP contribution in [0.5, 0.6) is 11.5 Å². The van der Waals surface area contributed by atoms with Crippen molar-refractivity contribution in [2.24, 2.45) is 5.92 Å². The molecule has 1 saturated heterocycles. The van der Waals surface area contributed by atoms with E-state index in [9.17, 15) is 9.59 Å². The molecule has 172 valence electrons. The first kappa shape index (κ1) is 24.1. The van der Waals surface area contributed by atoms with Crippen LogP contribution in [0.1, 0.15) is 17.5 Å². The normalized spacial score (nSPS) is 15.2. The highest BCUT2D eigenvalue weighted by molar-refractivity contribution is 6.30. The van der Waals surface area contributed by atoms with E-state index in [0.29, 0.717) is 30.3 Å². The molecule has 0 radical (unpaired) electrons. The Kier molecular flexibility index (Phi) is 8.33. The quantitative estimate of drug-likeness (QED) is 0.479. The van der Waals surface area contributed by atoms with Crippen molar-refractivity contribution >= 4 is 29.3 Å². The van der Waals surface area contributed by atoms with E-state index in [1.807, 2.05) is 60.7 Å². The summed E-state index contributed by atoms with van der Waals surface area (Å²) in [6.45, 7) is 4.84. The maximum absolute atomic E-state index is 12.2. The molecule has 1 heterocycles. The van der Waals surface area contributed by atoms with E-state index in [1.165, 1.54) is 16.0 Å². The number of aliphatic carboxylic acids is 1. The molecule has 4 rings (SSSR count). The predicted octanol–water partition coefficient (Wildman–Crippen LogP) is 6.06. The van der Waals surface area contributed by atoms with Gasteiger partial charge in [0.2, 0.25) is 0 Å². The number of carboxylic acid groups (broad SMARTS) is 1. The van der Waals surface area contributed by atoms with Gasteiger partial charge in [0.1, 0.15) is 5.75 Å². The molecule has 0 aliphatic carbocycles. The van der Waals surface area contributed by atoms with E-state index in [4.69, 9.17) is 21.4 Å². The van der Waals surface area contributed by atoms with Crippen LogP contribution in [0.2, 0.25) is 5.02 Å². The van der Waals surface area contributed by atoms with Gasteiger partial charge in [0.15, 0.2) is 5.75 Å². The van der Waals surface area contributed by atoms with Gasteiger partial charge in [-0.15, -0.1) is 0 Å². The Bertz CT molecular complexity index is 1100. The molecule has 33 heavy (non-hydrogen) atoms. The number of nitrogens with zero attached hydrogens (tertiary/aromatic N) is 1. The molecule has 0 saturated carbocycles. The molecule has 6 nitrogen and oxygen atoms in total. The summed E-state index contributed by atoms with van der Waals surface area (Å²) in [7, 11) is 0. The molecule has 2 N–H and O–H groups in total. The fraction of sp³-hybridized carbons (Fsp3) is 0.231. The second-order valence-electron chi connectivity index (χ2n) is 7.87. The van der Waals surface area contributed by atoms with Crippen molar-refractivity contribution in [3.63, 3.8) is 0 Å². The van der Waals surface area contributed by atoms with Gasteiger partial charge >= 0.3 is 12.0 Å². The van der Waals surface area contributed by atoms with Gasteiger partial charge in [0, 0.05) is 24.0 Å². The number of carbonyl (C=O) groups excluding carboxylic acids is 1. The highest BCUT2D eigenvalue weighted by atomic mass is 35.5. The first-order valence-electron chi connectivity index (χ1n) is 10.7. The number of nitrogens with one attached hydrogen (secondary N) is 1. The zero-order valence-electron chi connectivity index (χ0n) is 18.6. The third-order valence-electron chi connectivity index (χ3n) is 5.29. The Labute approximate surface area is 198 Å². The van der Waals surface area contributed by atoms with Gasteiger partial charge in [-0.05, 0) is 61.4 Å². The van der Waals surface area contributed by atoms with Gasteiger partial charge in [-0.25, -0.2) is 4.79 Å². The largest absolute Gasteiger partial charge is 0.481 e. The van der Waals surface area contributed by atoms with Crippen LogP contribution in [-0.2, 0) is 4.79 Å². The van der Waals surface area contributed by atoms with Crippen molar-refractivity contribution in [1.82, 2.24) is 5.32 Å². The highest BCUT2D eigenvalue weighted by Gasteiger charge is 2.29. The summed E-state index contributed by atoms with van der Waals surface area (Å²) >= 11 is 5.72. The Morgan fingerprint density at radius 3 is 2.42 bits per heavy atom. The van der Waals surface area contributed by atoms with Gasteiger partial charge in [-0.3, -0.25) is 9.69 Å². The van der Waals surface area contributed by atoms with Crippen LogP contribution >= 0.6 is 11.6 Å². The number of aryl methyl sites for hydroxylation is 2. The van der Waals surface area contributed by atoms with Crippen LogP contribution in [-0.4, -0.2) is 30.2 Å². The zero-order valence-corrected chi connectivity index (χ0v) is 19.4. The molecule has 0 bridgehead atoms. The van der Waals surface area contributed by atoms with Crippen LogP contribution < -0.4 is 15.0 Å². The van der Waals surface area contributed by atoms with Gasteiger partial charge < -0.3 is 15.2 Å². The standard InChI is InChI=1S/C18H18N2O4.C8H9Cl/c21-17(22)10-13-11-19-18(23)20(12-13)15-8-4-5-9-16(15)24-14-6-2-1-3-7-14;1-6-3-4-8(9)5-7(6)2/h1-9,13H,10-12H2,(H,19,23)(H,21,22);3-5H,1-2H3. The van der Waals surface area contributed by atoms with E-state index in [1.54, 1.807) is 12.1 Å². The number of hydrogen-bond acceptors (Lipinski definition) is 3. The summed E-state index contributed by atoms with van der Waals surface area (Å²) in [5.41, 5.74) is 3.16. The summed E-state index contributed by atoms with van der Waals surface area (Å²) in [4.78, 5) is 24.7. The lowest BCUT2D eigenvalue weighted by molar-refractivity contribution is -0.138. The lowest BCUT2D eigenvalue weighted by Crippen LogP contribution is -2.51. The number of amides is 2. The van der Waals surface area contributed by atoms with Gasteiger partial charge in [-0.1, -0.05) is 48.0 Å². The lowest BCUT2D eigenvalue weighted by atomic mass is 10.0. The van der Waals surface area contributed by atoms with Gasteiger partial charge in [0.05, 0.1) is 12.1 Å². The average molecular weight is 467 g/mol. The lowest BCUT2D eigenvalue weighted by Gasteiger charge is -2.33. The molecule has 3 aromatic rings. The molecule has 1 atom stereocenters. The van der Waals surface area contributed by atoms with Crippen molar-refractivity contribution in [2.75, 3.05) is 18.0 Å². The van der Waals surface area contributed by atoms with Crippen LogP contribution in [0.3, 0.4) is 0 Å². The number of benzene rings is 3. The first-order valence-corrected chi connectivity index (χ1v) is 11.0. The topological polar surface area (TPSA) is 78.9 Å². The fourth-order valence-electron chi connectivity index (χ4n) is 3.41. The third-order valence-corrected chi connectivity index (χ3v) is 5.52. The molecule has 3 aromatic carbocycles. The minimum absolute atomic E-state index is 0.0124. The third kappa shape index (κ3) is 6.99. The maximum atomic E-state index is 12.2. The Balaban J connectivity index is 0.000000286. The van der Waals surface area contributed by atoms with Gasteiger partial charge in [-0.2, -0.15) is 0 Å². The van der Waals surface area contributed by atoms with Crippen LogP contribution in [0.25, 0.3) is 0 Å². The molecular formula is C26H27ClN2O4. The van der Waals surface area contributed by atoms with Crippen molar-refractivity contribution < 1.29 is 19.4 Å². The molecule has 1 unspecified atom stereocenters. The van der Waals surface area contributed by atoms with Crippen molar-refractivity contribution in [1.29, 1.82) is 0 Å². The van der Waals surface area contributed by atoms with Gasteiger partial charge in [0.25, 0.3) is 0 Å². The highest BCUT2D eigenvalue weighted by Crippen LogP contribution is 2.33. The first-order chi connectivity index (χ1) is 15.8. The number of para-hydroxylation sites is 3. The molecule has 7 heteroatoms. The van der Waals surface area contributed by atoms with Crippen LogP contribution in [0.15, 0.2) is 72.8 Å². The number of anilines is 1. The smallest absolute Gasteiger partial charge is 0.322 e. The number of carbonyl (C=O) groups is 2. The Hall–Kier alpha value is -3.51. The number of hydrogen-bond donors (Lipinski definition) is 2. The monoisotopic (exact) mass is 466 g/mol. The molecular weight excluding hydrogens is 440 g/mol. The van der Waals surface area contributed by atoms with Crippen LogP contribution in [0, 0.1) is 19.8 Å². The summed E-state index contributed by atoms with van der Waals surface area (Å²) in [6, 6.07) is 22.2. The summed E-state index contributed by atoms with van der Waals surface area (Å²) in [6.07, 6.45) is 0.0124. The van der Waals surface area contributed by atoms with E-state index < -0.39 is 5.97 Å². The Morgan fingerprint density at radius 2 is 1.76 bits per heavy atom. The van der Waals surface area contributed by atoms with E-state index in [2.05, 4.69) is 19.2 Å². The molecule has 0 spiro atoms. The molecule has 2 amide bonds. The van der Waals surface area contributed by atoms with E-state index in [-0.39, 0.29) is 18.4 Å². The summed E-state index contributed by atoms with van der Waals surface area (Å²) in [5, 5.41) is 12.5. The molecule has 1 fully saturated rings. The maximum Gasteiger partial charge on any atom is 0.322 e. The molecule has 1 aliphatic heterocycles.